The lowest BCUT2D eigenvalue weighted by Crippen LogP contribution is -2.47. The van der Waals surface area contributed by atoms with Crippen molar-refractivity contribution < 1.29 is 19.0 Å². The van der Waals surface area contributed by atoms with Crippen LogP contribution in [0.2, 0.25) is 0 Å². The maximum absolute atomic E-state index is 11.7. The second kappa shape index (κ2) is 6.41. The van der Waals surface area contributed by atoms with Gasteiger partial charge in [0.1, 0.15) is 6.61 Å². The number of carbonyl (C=O) groups excluding carboxylic acids is 1. The summed E-state index contributed by atoms with van der Waals surface area (Å²) >= 11 is 0. The van der Waals surface area contributed by atoms with Gasteiger partial charge in [0.15, 0.2) is 5.79 Å². The third-order valence-electron chi connectivity index (χ3n) is 3.31. The Balaban J connectivity index is 1.80. The molecule has 1 saturated heterocycles. The molecule has 4 heteroatoms. The topological polar surface area (TPSA) is 44.8 Å². The minimum Gasteiger partial charge on any atom is -0.462 e. The minimum absolute atomic E-state index is 0.279. The first-order chi connectivity index (χ1) is 9.89. The fourth-order valence-electron chi connectivity index (χ4n) is 1.88. The third kappa shape index (κ3) is 4.99. The highest BCUT2D eigenvalue weighted by molar-refractivity contribution is 5.87. The molecule has 4 nitrogen and oxygen atoms in total. The van der Waals surface area contributed by atoms with Crippen LogP contribution in [0.25, 0.3) is 6.08 Å². The summed E-state index contributed by atoms with van der Waals surface area (Å²) in [4.78, 5) is 11.7. The molecule has 0 amide bonds. The van der Waals surface area contributed by atoms with Crippen LogP contribution >= 0.6 is 0 Å². The fourth-order valence-corrected chi connectivity index (χ4v) is 1.88. The SMILES string of the molecule is CC1(COC(=O)C=Cc2ccccc2)COC(C)(C)OC1. The number of hydrogen-bond acceptors (Lipinski definition) is 4. The molecule has 1 aromatic rings. The molecule has 0 radical (unpaired) electrons. The van der Waals surface area contributed by atoms with E-state index in [9.17, 15) is 4.79 Å². The molecule has 0 atom stereocenters. The smallest absolute Gasteiger partial charge is 0.330 e. The maximum atomic E-state index is 11.7. The Kier molecular flexibility index (Phi) is 4.80. The molecule has 0 N–H and O–H groups in total. The molecule has 1 aliphatic rings. The minimum atomic E-state index is -0.559. The van der Waals surface area contributed by atoms with Crippen LogP contribution in [-0.4, -0.2) is 31.6 Å². The lowest BCUT2D eigenvalue weighted by atomic mass is 9.93. The van der Waals surface area contributed by atoms with Gasteiger partial charge < -0.3 is 14.2 Å². The van der Waals surface area contributed by atoms with Gasteiger partial charge in [-0.2, -0.15) is 0 Å². The predicted molar refractivity (Wildman–Crippen MR) is 80.5 cm³/mol. The Labute approximate surface area is 125 Å². The van der Waals surface area contributed by atoms with Gasteiger partial charge in [0.05, 0.1) is 13.2 Å². The number of rotatable bonds is 4. The molecule has 1 aliphatic heterocycles. The highest BCUT2D eigenvalue weighted by Gasteiger charge is 2.37. The largest absolute Gasteiger partial charge is 0.462 e. The van der Waals surface area contributed by atoms with Crippen LogP contribution in [0.3, 0.4) is 0 Å². The van der Waals surface area contributed by atoms with E-state index in [1.54, 1.807) is 6.08 Å². The molecule has 0 unspecified atom stereocenters. The van der Waals surface area contributed by atoms with Crippen LogP contribution < -0.4 is 0 Å². The second-order valence-electron chi connectivity index (χ2n) is 6.14. The van der Waals surface area contributed by atoms with E-state index in [0.717, 1.165) is 5.56 Å². The first kappa shape index (κ1) is 15.7. The number of ether oxygens (including phenoxy) is 3. The van der Waals surface area contributed by atoms with Crippen molar-refractivity contribution in [2.75, 3.05) is 19.8 Å². The third-order valence-corrected chi connectivity index (χ3v) is 3.31. The zero-order valence-corrected chi connectivity index (χ0v) is 12.8. The van der Waals surface area contributed by atoms with Gasteiger partial charge in [-0.25, -0.2) is 4.79 Å². The standard InChI is InChI=1S/C17H22O4/c1-16(2)20-12-17(3,13-21-16)11-19-15(18)10-9-14-7-5-4-6-8-14/h4-10H,11-13H2,1-3H3. The molecule has 0 bridgehead atoms. The van der Waals surface area contributed by atoms with Crippen molar-refractivity contribution in [3.8, 4) is 0 Å². The van der Waals surface area contributed by atoms with E-state index in [0.29, 0.717) is 13.2 Å². The molecule has 1 fully saturated rings. The quantitative estimate of drug-likeness (QED) is 0.631. The van der Waals surface area contributed by atoms with Crippen LogP contribution in [0.4, 0.5) is 0 Å². The number of hydrogen-bond donors (Lipinski definition) is 0. The summed E-state index contributed by atoms with van der Waals surface area (Å²) in [5.41, 5.74) is 0.665. The molecule has 0 aliphatic carbocycles. The number of benzene rings is 1. The van der Waals surface area contributed by atoms with Crippen LogP contribution in [0.1, 0.15) is 26.3 Å². The number of carbonyl (C=O) groups is 1. The highest BCUT2D eigenvalue weighted by atomic mass is 16.7. The maximum Gasteiger partial charge on any atom is 0.330 e. The molecule has 0 aromatic heterocycles. The van der Waals surface area contributed by atoms with Gasteiger partial charge in [-0.1, -0.05) is 37.3 Å². The Morgan fingerprint density at radius 3 is 2.43 bits per heavy atom. The molecular weight excluding hydrogens is 268 g/mol. The normalized spacial score (nSPS) is 20.3. The van der Waals surface area contributed by atoms with E-state index in [4.69, 9.17) is 14.2 Å². The Hall–Kier alpha value is -1.65. The molecule has 2 rings (SSSR count). The first-order valence-electron chi connectivity index (χ1n) is 7.06. The molecule has 114 valence electrons. The monoisotopic (exact) mass is 290 g/mol. The van der Waals surface area contributed by atoms with Crippen LogP contribution in [0.5, 0.6) is 0 Å². The summed E-state index contributed by atoms with van der Waals surface area (Å²) in [5.74, 6) is -0.915. The van der Waals surface area contributed by atoms with Crippen molar-refractivity contribution in [3.05, 3.63) is 42.0 Å². The Morgan fingerprint density at radius 1 is 1.19 bits per heavy atom. The van der Waals surface area contributed by atoms with Gasteiger partial charge >= 0.3 is 5.97 Å². The predicted octanol–water partition coefficient (Wildman–Crippen LogP) is 3.03. The Bertz CT molecular complexity index is 495. The summed E-state index contributed by atoms with van der Waals surface area (Å²) in [6, 6.07) is 9.63. The fraction of sp³-hybridized carbons (Fsp3) is 0.471. The Morgan fingerprint density at radius 2 is 1.81 bits per heavy atom. The van der Waals surface area contributed by atoms with Crippen molar-refractivity contribution in [3.63, 3.8) is 0 Å². The second-order valence-corrected chi connectivity index (χ2v) is 6.14. The average molecular weight is 290 g/mol. The van der Waals surface area contributed by atoms with Gasteiger partial charge in [0.25, 0.3) is 0 Å². The van der Waals surface area contributed by atoms with E-state index in [-0.39, 0.29) is 18.0 Å². The summed E-state index contributed by atoms with van der Waals surface area (Å²) in [7, 11) is 0. The van der Waals surface area contributed by atoms with Crippen molar-refractivity contribution >= 4 is 12.0 Å². The summed E-state index contributed by atoms with van der Waals surface area (Å²) in [6.07, 6.45) is 3.18. The summed E-state index contributed by atoms with van der Waals surface area (Å²) < 4.78 is 16.5. The molecule has 0 saturated carbocycles. The highest BCUT2D eigenvalue weighted by Crippen LogP contribution is 2.29. The van der Waals surface area contributed by atoms with Crippen LogP contribution in [-0.2, 0) is 19.0 Å². The van der Waals surface area contributed by atoms with E-state index < -0.39 is 5.79 Å². The molecule has 1 heterocycles. The zero-order valence-electron chi connectivity index (χ0n) is 12.8. The van der Waals surface area contributed by atoms with Crippen LogP contribution in [0.15, 0.2) is 36.4 Å². The lowest BCUT2D eigenvalue weighted by molar-refractivity contribution is -0.287. The number of esters is 1. The van der Waals surface area contributed by atoms with Crippen LogP contribution in [0, 0.1) is 5.41 Å². The van der Waals surface area contributed by atoms with E-state index >= 15 is 0 Å². The van der Waals surface area contributed by atoms with E-state index in [1.165, 1.54) is 6.08 Å². The van der Waals surface area contributed by atoms with Gasteiger partial charge in [0.2, 0.25) is 0 Å². The van der Waals surface area contributed by atoms with Crippen molar-refractivity contribution in [1.29, 1.82) is 0 Å². The first-order valence-corrected chi connectivity index (χ1v) is 7.06. The van der Waals surface area contributed by atoms with Gasteiger partial charge in [-0.3, -0.25) is 0 Å². The van der Waals surface area contributed by atoms with Crippen molar-refractivity contribution in [1.82, 2.24) is 0 Å². The lowest BCUT2D eigenvalue weighted by Gasteiger charge is -2.40. The van der Waals surface area contributed by atoms with Crippen molar-refractivity contribution in [2.24, 2.45) is 5.41 Å². The molecule has 0 spiro atoms. The molecule has 1 aromatic carbocycles. The van der Waals surface area contributed by atoms with Gasteiger partial charge in [-0.15, -0.1) is 0 Å². The summed E-state index contributed by atoms with van der Waals surface area (Å²) in [5, 5.41) is 0. The van der Waals surface area contributed by atoms with E-state index in [2.05, 4.69) is 0 Å². The van der Waals surface area contributed by atoms with E-state index in [1.807, 2.05) is 51.1 Å². The van der Waals surface area contributed by atoms with Gasteiger partial charge in [-0.05, 0) is 25.5 Å². The van der Waals surface area contributed by atoms with Gasteiger partial charge in [0, 0.05) is 11.5 Å². The molecular formula is C17H22O4. The summed E-state index contributed by atoms with van der Waals surface area (Å²) in [6.45, 7) is 7.03. The zero-order chi connectivity index (χ0) is 15.3. The average Bonchev–Trinajstić information content (AvgIpc) is 2.48. The molecule has 21 heavy (non-hydrogen) atoms. The van der Waals surface area contributed by atoms with Crippen molar-refractivity contribution in [2.45, 2.75) is 26.6 Å².